The van der Waals surface area contributed by atoms with Crippen molar-refractivity contribution in [2.24, 2.45) is 0 Å². The predicted octanol–water partition coefficient (Wildman–Crippen LogP) is 10.4. The van der Waals surface area contributed by atoms with Crippen molar-refractivity contribution in [2.75, 3.05) is 0 Å². The molecule has 0 N–H and O–H groups in total. The van der Waals surface area contributed by atoms with Crippen LogP contribution in [0.15, 0.2) is 152 Å². The van der Waals surface area contributed by atoms with Crippen molar-refractivity contribution >= 4 is 23.1 Å². The fraction of sp³-hybridized carbons (Fsp3) is 0.0800. The maximum atomic E-state index is 6.53. The summed E-state index contributed by atoms with van der Waals surface area (Å²) in [6.07, 6.45) is 3.88. The topological polar surface area (TPSA) is 44.2 Å². The maximum Gasteiger partial charge on any atom is 0.239 e. The number of nitrogens with zero attached hydrogens (tertiary/aromatic N) is 2. The number of pyridine rings is 2. The molecule has 56 heavy (non-hydrogen) atoms. The summed E-state index contributed by atoms with van der Waals surface area (Å²) in [7, 11) is 0. The van der Waals surface area contributed by atoms with Crippen LogP contribution in [0.1, 0.15) is 22.3 Å². The summed E-state index contributed by atoms with van der Waals surface area (Å²) < 4.78 is 12.8. The van der Waals surface area contributed by atoms with Crippen molar-refractivity contribution in [1.29, 1.82) is 0 Å². The largest absolute Gasteiger partial charge is 0.503 e. The Labute approximate surface area is 342 Å². The fourth-order valence-corrected chi connectivity index (χ4v) is 7.54. The van der Waals surface area contributed by atoms with Gasteiger partial charge in [-0.2, -0.15) is 0 Å². The molecule has 1 radical (unpaired) electrons. The van der Waals surface area contributed by atoms with Gasteiger partial charge in [0.25, 0.3) is 0 Å². The van der Waals surface area contributed by atoms with Crippen molar-refractivity contribution < 1.29 is 29.6 Å². The van der Waals surface area contributed by atoms with Gasteiger partial charge in [0.15, 0.2) is 0 Å². The fourth-order valence-electron chi connectivity index (χ4n) is 7.54. The summed E-state index contributed by atoms with van der Waals surface area (Å²) >= 11 is 0. The predicted molar refractivity (Wildman–Crippen MR) is 225 cm³/mol. The molecule has 0 spiro atoms. The SMILES string of the molecule is Cc1cc(-c2[c-]cc3c4c2Oc2ccccc2B4c2ccccc2O3)ncc1-c1ccccc1.Cc1cnc(-c2[c-]cc(C)c(-c3ccccc3)c2)cc1C.[Ir]. The van der Waals surface area contributed by atoms with Crippen LogP contribution in [0.25, 0.3) is 44.8 Å². The molecule has 0 unspecified atom stereocenters. The molecule has 2 aliphatic heterocycles. The van der Waals surface area contributed by atoms with Gasteiger partial charge in [0.05, 0.1) is 0 Å². The Hall–Kier alpha value is -6.07. The van der Waals surface area contributed by atoms with Crippen LogP contribution < -0.4 is 25.9 Å². The van der Waals surface area contributed by atoms with Crippen LogP contribution in [0, 0.1) is 39.8 Å². The summed E-state index contributed by atoms with van der Waals surface area (Å²) in [4.78, 5) is 9.38. The van der Waals surface area contributed by atoms with Crippen molar-refractivity contribution in [3.63, 3.8) is 0 Å². The number of hydrogen-bond donors (Lipinski definition) is 0. The molecule has 273 valence electrons. The van der Waals surface area contributed by atoms with Crippen LogP contribution in [0.5, 0.6) is 23.0 Å². The van der Waals surface area contributed by atoms with Crippen molar-refractivity contribution in [2.45, 2.75) is 27.7 Å². The van der Waals surface area contributed by atoms with Gasteiger partial charge in [0.2, 0.25) is 6.71 Å². The Morgan fingerprint density at radius 3 is 1.75 bits per heavy atom. The number of para-hydroxylation sites is 2. The molecule has 0 aliphatic carbocycles. The number of aromatic nitrogens is 2. The maximum absolute atomic E-state index is 6.53. The summed E-state index contributed by atoms with van der Waals surface area (Å²) in [6.45, 7) is 8.48. The van der Waals surface area contributed by atoms with Gasteiger partial charge in [0.1, 0.15) is 11.5 Å². The van der Waals surface area contributed by atoms with Crippen LogP contribution in [0.4, 0.5) is 0 Å². The molecule has 2 aromatic heterocycles. The summed E-state index contributed by atoms with van der Waals surface area (Å²) in [5.74, 6) is 3.30. The van der Waals surface area contributed by atoms with E-state index < -0.39 is 0 Å². The zero-order valence-corrected chi connectivity index (χ0v) is 34.0. The van der Waals surface area contributed by atoms with Crippen LogP contribution in [0.3, 0.4) is 0 Å². The molecular formula is C50H37BIrN2O2-2. The zero-order chi connectivity index (χ0) is 37.5. The number of aryl methyl sites for hydroxylation is 4. The van der Waals surface area contributed by atoms with Crippen LogP contribution >= 0.6 is 0 Å². The molecule has 4 nitrogen and oxygen atoms in total. The third kappa shape index (κ3) is 6.87. The Morgan fingerprint density at radius 1 is 0.500 bits per heavy atom. The van der Waals surface area contributed by atoms with Gasteiger partial charge in [0, 0.05) is 49.6 Å². The van der Waals surface area contributed by atoms with E-state index in [1.54, 1.807) is 0 Å². The Kier molecular flexibility index (Phi) is 10.3. The second-order valence-electron chi connectivity index (χ2n) is 14.2. The van der Waals surface area contributed by atoms with Crippen LogP contribution in [-0.4, -0.2) is 16.7 Å². The first-order valence-electron chi connectivity index (χ1n) is 18.6. The van der Waals surface area contributed by atoms with E-state index in [4.69, 9.17) is 14.5 Å². The minimum absolute atomic E-state index is 0. The van der Waals surface area contributed by atoms with E-state index in [1.807, 2.05) is 67.0 Å². The summed E-state index contributed by atoms with van der Waals surface area (Å²) in [5.41, 5.74) is 16.7. The molecule has 8 aromatic rings. The number of benzene rings is 6. The Morgan fingerprint density at radius 2 is 1.09 bits per heavy atom. The monoisotopic (exact) mass is 901 g/mol. The van der Waals surface area contributed by atoms with Crippen molar-refractivity contribution in [3.8, 4) is 67.8 Å². The first-order chi connectivity index (χ1) is 26.9. The van der Waals surface area contributed by atoms with Gasteiger partial charge in [-0.25, -0.2) is 0 Å². The Bertz CT molecular complexity index is 2710. The first kappa shape index (κ1) is 36.9. The Balaban J connectivity index is 0.000000173. The van der Waals surface area contributed by atoms with Crippen molar-refractivity contribution in [3.05, 3.63) is 186 Å². The molecule has 2 aliphatic rings. The second kappa shape index (κ2) is 15.6. The summed E-state index contributed by atoms with van der Waals surface area (Å²) in [6, 6.07) is 54.5. The molecule has 10 rings (SSSR count). The normalized spacial score (nSPS) is 11.7. The van der Waals surface area contributed by atoms with Gasteiger partial charge < -0.3 is 19.4 Å². The van der Waals surface area contributed by atoms with Crippen LogP contribution in [0.2, 0.25) is 0 Å². The van der Waals surface area contributed by atoms with E-state index in [2.05, 4.69) is 130 Å². The number of rotatable bonds is 4. The van der Waals surface area contributed by atoms with E-state index in [9.17, 15) is 0 Å². The van der Waals surface area contributed by atoms with E-state index in [0.29, 0.717) is 0 Å². The van der Waals surface area contributed by atoms with Gasteiger partial charge in [-0.05, 0) is 77.5 Å². The zero-order valence-electron chi connectivity index (χ0n) is 31.6. The molecule has 0 fully saturated rings. The van der Waals surface area contributed by atoms with Gasteiger partial charge in [-0.1, -0.05) is 138 Å². The first-order valence-corrected chi connectivity index (χ1v) is 18.6. The molecule has 6 heteroatoms. The van der Waals surface area contributed by atoms with E-state index in [1.165, 1.54) is 27.8 Å². The standard InChI is InChI=1S/C30H19BNO2.C20H18N.Ir/c1-19-17-25(32-18-22(19)20-9-3-2-4-10-20)21-15-16-28-29-30(21)34-27-14-8-6-12-24(27)31(29)23-11-5-7-13-26(23)33-28;1-14-9-10-18(20-11-15(2)16(3)13-21-20)12-19(14)17-7-5-4-6-8-17;/h2-14,16-18H,1H3;4-9,11-13H,1-3H3;/q2*-1;. The molecule has 0 saturated heterocycles. The third-order valence-corrected chi connectivity index (χ3v) is 10.6. The van der Waals surface area contributed by atoms with E-state index in [0.717, 1.165) is 78.6 Å². The van der Waals surface area contributed by atoms with Crippen molar-refractivity contribution in [1.82, 2.24) is 9.97 Å². The van der Waals surface area contributed by atoms with Gasteiger partial charge in [-0.3, -0.25) is 0 Å². The molecule has 0 saturated carbocycles. The quantitative estimate of drug-likeness (QED) is 0.130. The average molecular weight is 901 g/mol. The molecule has 0 amide bonds. The minimum atomic E-state index is 0. The van der Waals surface area contributed by atoms with E-state index in [-0.39, 0.29) is 26.8 Å². The number of fused-ring (bicyclic) bond motifs is 4. The summed E-state index contributed by atoms with van der Waals surface area (Å²) in [5, 5.41) is 0. The smallest absolute Gasteiger partial charge is 0.239 e. The molecule has 4 heterocycles. The molecular weight excluding hydrogens is 864 g/mol. The number of ether oxygens (including phenoxy) is 2. The number of hydrogen-bond acceptors (Lipinski definition) is 4. The second-order valence-corrected chi connectivity index (χ2v) is 14.2. The minimum Gasteiger partial charge on any atom is -0.503 e. The third-order valence-electron chi connectivity index (χ3n) is 10.6. The average Bonchev–Trinajstić information content (AvgIpc) is 3.23. The molecule has 0 bridgehead atoms. The van der Waals surface area contributed by atoms with Gasteiger partial charge >= 0.3 is 0 Å². The molecule has 6 aromatic carbocycles. The van der Waals surface area contributed by atoms with Gasteiger partial charge in [-0.15, -0.1) is 41.5 Å². The van der Waals surface area contributed by atoms with Crippen LogP contribution in [-0.2, 0) is 20.1 Å². The van der Waals surface area contributed by atoms with E-state index >= 15 is 0 Å². The molecule has 0 atom stereocenters.